The van der Waals surface area contributed by atoms with Gasteiger partial charge in [0.05, 0.1) is 19.5 Å². The molecule has 13 heteroatoms. The molecular formula is C16H26N6O6S. The number of aromatic amines is 1. The molecule has 3 unspecified atom stereocenters. The summed E-state index contributed by atoms with van der Waals surface area (Å²) in [5.74, 6) is -2.78. The molecule has 29 heavy (non-hydrogen) atoms. The normalized spacial score (nSPS) is 13.8. The summed E-state index contributed by atoms with van der Waals surface area (Å²) in [6.07, 6.45) is 4.99. The number of aromatic nitrogens is 2. The summed E-state index contributed by atoms with van der Waals surface area (Å²) in [6, 6.07) is -3.60. The lowest BCUT2D eigenvalue weighted by Crippen LogP contribution is -2.57. The molecule has 0 saturated carbocycles. The molecule has 8 N–H and O–H groups in total. The fourth-order valence-electron chi connectivity index (χ4n) is 2.31. The number of carbonyl (C=O) groups is 4. The van der Waals surface area contributed by atoms with Gasteiger partial charge in [0.2, 0.25) is 17.7 Å². The van der Waals surface area contributed by atoms with E-state index in [1.807, 2.05) is 6.26 Å². The maximum Gasteiger partial charge on any atom is 0.328 e. The van der Waals surface area contributed by atoms with Crippen molar-refractivity contribution in [1.82, 2.24) is 25.9 Å². The molecule has 0 aliphatic rings. The smallest absolute Gasteiger partial charge is 0.328 e. The average molecular weight is 430 g/mol. The predicted molar refractivity (Wildman–Crippen MR) is 105 cm³/mol. The predicted octanol–water partition coefficient (Wildman–Crippen LogP) is -2.80. The van der Waals surface area contributed by atoms with Gasteiger partial charge in [-0.25, -0.2) is 9.78 Å². The van der Waals surface area contributed by atoms with Crippen molar-refractivity contribution in [3.8, 4) is 0 Å². The minimum Gasteiger partial charge on any atom is -0.480 e. The van der Waals surface area contributed by atoms with Crippen LogP contribution in [0, 0.1) is 0 Å². The van der Waals surface area contributed by atoms with E-state index >= 15 is 0 Å². The number of rotatable bonds is 13. The van der Waals surface area contributed by atoms with E-state index < -0.39 is 48.4 Å². The van der Waals surface area contributed by atoms with Crippen molar-refractivity contribution in [2.75, 3.05) is 25.2 Å². The summed E-state index contributed by atoms with van der Waals surface area (Å²) in [5.41, 5.74) is 5.81. The number of aliphatic carboxylic acids is 1. The zero-order chi connectivity index (χ0) is 21.8. The second-order valence-electron chi connectivity index (χ2n) is 6.03. The van der Waals surface area contributed by atoms with E-state index in [4.69, 9.17) is 15.9 Å². The van der Waals surface area contributed by atoms with Crippen molar-refractivity contribution >= 4 is 35.5 Å². The van der Waals surface area contributed by atoms with Crippen molar-refractivity contribution in [2.24, 2.45) is 5.73 Å². The number of carboxylic acid groups (broad SMARTS) is 1. The lowest BCUT2D eigenvalue weighted by atomic mass is 10.1. The van der Waals surface area contributed by atoms with Gasteiger partial charge in [-0.3, -0.25) is 14.4 Å². The van der Waals surface area contributed by atoms with Crippen LogP contribution in [0.25, 0.3) is 0 Å². The Labute approximate surface area is 171 Å². The van der Waals surface area contributed by atoms with Gasteiger partial charge in [0.15, 0.2) is 0 Å². The van der Waals surface area contributed by atoms with E-state index in [1.165, 1.54) is 24.3 Å². The summed E-state index contributed by atoms with van der Waals surface area (Å²) in [6.45, 7) is -1.10. The van der Waals surface area contributed by atoms with E-state index in [0.717, 1.165) is 0 Å². The van der Waals surface area contributed by atoms with Crippen LogP contribution in [0.3, 0.4) is 0 Å². The van der Waals surface area contributed by atoms with Gasteiger partial charge in [-0.2, -0.15) is 11.8 Å². The number of hydrogen-bond acceptors (Lipinski definition) is 8. The first kappa shape index (κ1) is 24.4. The highest BCUT2D eigenvalue weighted by molar-refractivity contribution is 7.98. The number of amides is 3. The Morgan fingerprint density at radius 2 is 1.83 bits per heavy atom. The number of nitrogens with two attached hydrogens (primary N) is 1. The van der Waals surface area contributed by atoms with E-state index in [1.54, 1.807) is 0 Å². The summed E-state index contributed by atoms with van der Waals surface area (Å²) in [5, 5.41) is 25.3. The van der Waals surface area contributed by atoms with Crippen molar-refractivity contribution in [3.63, 3.8) is 0 Å². The van der Waals surface area contributed by atoms with Gasteiger partial charge in [-0.15, -0.1) is 0 Å². The monoisotopic (exact) mass is 430 g/mol. The summed E-state index contributed by atoms with van der Waals surface area (Å²) >= 11 is 1.48. The van der Waals surface area contributed by atoms with Gasteiger partial charge in [-0.1, -0.05) is 0 Å². The number of imidazole rings is 1. The van der Waals surface area contributed by atoms with E-state index in [-0.39, 0.29) is 13.0 Å². The molecule has 0 aliphatic carbocycles. The van der Waals surface area contributed by atoms with Crippen molar-refractivity contribution in [2.45, 2.75) is 31.0 Å². The van der Waals surface area contributed by atoms with Crippen LogP contribution in [0.2, 0.25) is 0 Å². The van der Waals surface area contributed by atoms with Crippen molar-refractivity contribution in [1.29, 1.82) is 0 Å². The second kappa shape index (κ2) is 12.7. The zero-order valence-electron chi connectivity index (χ0n) is 15.9. The molecular weight excluding hydrogens is 404 g/mol. The highest BCUT2D eigenvalue weighted by Gasteiger charge is 2.29. The van der Waals surface area contributed by atoms with E-state index in [2.05, 4.69) is 25.9 Å². The number of aliphatic hydroxyl groups is 1. The number of carboxylic acids is 1. The van der Waals surface area contributed by atoms with Gasteiger partial charge >= 0.3 is 5.97 Å². The average Bonchev–Trinajstić information content (AvgIpc) is 3.20. The molecule has 162 valence electrons. The van der Waals surface area contributed by atoms with Gasteiger partial charge in [0.1, 0.15) is 18.1 Å². The highest BCUT2D eigenvalue weighted by atomic mass is 32.2. The molecule has 0 aromatic carbocycles. The molecule has 0 aliphatic heterocycles. The van der Waals surface area contributed by atoms with Crippen LogP contribution >= 0.6 is 11.8 Å². The quantitative estimate of drug-likeness (QED) is 0.173. The molecule has 0 bridgehead atoms. The number of hydrogen-bond donors (Lipinski definition) is 7. The SMILES string of the molecule is CSCCC(NC(=O)CN)C(=O)NC(Cc1cnc[nH]1)C(=O)NC(CO)C(=O)O. The van der Waals surface area contributed by atoms with Gasteiger partial charge in [-0.05, 0) is 18.4 Å². The molecule has 1 aromatic rings. The minimum absolute atomic E-state index is 0.00454. The maximum atomic E-state index is 12.7. The zero-order valence-corrected chi connectivity index (χ0v) is 16.7. The first-order chi connectivity index (χ1) is 13.8. The molecule has 0 radical (unpaired) electrons. The first-order valence-electron chi connectivity index (χ1n) is 8.72. The lowest BCUT2D eigenvalue weighted by Gasteiger charge is -2.23. The first-order valence-corrected chi connectivity index (χ1v) is 10.1. The van der Waals surface area contributed by atoms with Crippen LogP contribution in [0.15, 0.2) is 12.5 Å². The second-order valence-corrected chi connectivity index (χ2v) is 7.02. The van der Waals surface area contributed by atoms with Crippen LogP contribution in [0.5, 0.6) is 0 Å². The van der Waals surface area contributed by atoms with E-state index in [9.17, 15) is 19.2 Å². The molecule has 0 spiro atoms. The molecule has 0 fully saturated rings. The lowest BCUT2D eigenvalue weighted by molar-refractivity contribution is -0.143. The number of aliphatic hydroxyl groups excluding tert-OH is 1. The molecule has 3 atom stereocenters. The van der Waals surface area contributed by atoms with Crippen LogP contribution in [0.1, 0.15) is 12.1 Å². The van der Waals surface area contributed by atoms with E-state index in [0.29, 0.717) is 17.9 Å². The van der Waals surface area contributed by atoms with Gasteiger partial charge in [0, 0.05) is 18.3 Å². The Kier molecular flexibility index (Phi) is 10.7. The molecule has 1 heterocycles. The Bertz CT molecular complexity index is 685. The Morgan fingerprint density at radius 3 is 2.34 bits per heavy atom. The van der Waals surface area contributed by atoms with Crippen LogP contribution in [-0.4, -0.2) is 87.2 Å². The number of carbonyl (C=O) groups excluding carboxylic acids is 3. The van der Waals surface area contributed by atoms with Gasteiger partial charge < -0.3 is 36.9 Å². The Morgan fingerprint density at radius 1 is 1.17 bits per heavy atom. The topological polar surface area (TPSA) is 200 Å². The number of nitrogens with zero attached hydrogens (tertiary/aromatic N) is 1. The molecule has 1 rings (SSSR count). The molecule has 3 amide bonds. The Hall–Kier alpha value is -2.64. The number of thioether (sulfide) groups is 1. The number of H-pyrrole nitrogens is 1. The van der Waals surface area contributed by atoms with Crippen molar-refractivity contribution < 1.29 is 29.4 Å². The molecule has 1 aromatic heterocycles. The molecule has 12 nitrogen and oxygen atoms in total. The largest absolute Gasteiger partial charge is 0.480 e. The third kappa shape index (κ3) is 8.50. The van der Waals surface area contributed by atoms with Crippen LogP contribution < -0.4 is 21.7 Å². The Balaban J connectivity index is 2.94. The highest BCUT2D eigenvalue weighted by Crippen LogP contribution is 2.04. The fourth-order valence-corrected chi connectivity index (χ4v) is 2.78. The standard InChI is InChI=1S/C16H26N6O6S/c1-29-3-2-10(20-13(24)5-17)14(25)21-11(4-9-6-18-8-19-9)15(26)22-12(7-23)16(27)28/h6,8,10-12,23H,2-5,7,17H2,1H3,(H,18,19)(H,20,24)(H,21,25)(H,22,26)(H,27,28). The maximum absolute atomic E-state index is 12.7. The van der Waals surface area contributed by atoms with Crippen molar-refractivity contribution in [3.05, 3.63) is 18.2 Å². The molecule has 0 saturated heterocycles. The summed E-state index contributed by atoms with van der Waals surface area (Å²) in [4.78, 5) is 54.5. The van der Waals surface area contributed by atoms with Crippen LogP contribution in [0.4, 0.5) is 0 Å². The van der Waals surface area contributed by atoms with Crippen LogP contribution in [-0.2, 0) is 25.6 Å². The van der Waals surface area contributed by atoms with Gasteiger partial charge in [0.25, 0.3) is 0 Å². The summed E-state index contributed by atoms with van der Waals surface area (Å²) in [7, 11) is 0. The summed E-state index contributed by atoms with van der Waals surface area (Å²) < 4.78 is 0. The fraction of sp³-hybridized carbons (Fsp3) is 0.562. The third-order valence-electron chi connectivity index (χ3n) is 3.86. The third-order valence-corrected chi connectivity index (χ3v) is 4.50. The number of nitrogens with one attached hydrogen (secondary N) is 4. The minimum atomic E-state index is -1.52.